The Labute approximate surface area is 220 Å². The fourth-order valence-corrected chi connectivity index (χ4v) is 4.24. The van der Waals surface area contributed by atoms with Crippen LogP contribution in [0.3, 0.4) is 0 Å². The zero-order valence-electron chi connectivity index (χ0n) is 23.7. The maximum atomic E-state index is 6.76. The van der Waals surface area contributed by atoms with E-state index in [2.05, 4.69) is 90.1 Å². The van der Waals surface area contributed by atoms with E-state index >= 15 is 0 Å². The van der Waals surface area contributed by atoms with Crippen molar-refractivity contribution in [1.82, 2.24) is 0 Å². The highest BCUT2D eigenvalue weighted by atomic mass is 16.6. The fraction of sp³-hybridized carbons (Fsp3) is 0.625. The molecule has 0 aliphatic carbocycles. The Morgan fingerprint density at radius 3 is 1.08 bits per heavy atom. The van der Waals surface area contributed by atoms with E-state index in [-0.39, 0.29) is 0 Å². The third kappa shape index (κ3) is 8.24. The van der Waals surface area contributed by atoms with Crippen LogP contribution in [-0.2, 0) is 20.7 Å². The lowest BCUT2D eigenvalue weighted by atomic mass is 9.75. The van der Waals surface area contributed by atoms with E-state index in [1.807, 2.05) is 0 Å². The SMILES string of the molecule is CCCCOc1ccc(C(C)(OCCCC)C(C)(OCCCC)c2ccc(OCCCC)cc2)cc1. The van der Waals surface area contributed by atoms with Crippen LogP contribution in [-0.4, -0.2) is 26.4 Å². The van der Waals surface area contributed by atoms with Gasteiger partial charge in [0.15, 0.2) is 0 Å². The van der Waals surface area contributed by atoms with Crippen LogP contribution in [0.5, 0.6) is 11.5 Å². The largest absolute Gasteiger partial charge is 0.494 e. The normalized spacial score (nSPS) is 14.7. The molecule has 0 N–H and O–H groups in total. The van der Waals surface area contributed by atoms with E-state index in [1.165, 1.54) is 0 Å². The van der Waals surface area contributed by atoms with Crippen LogP contribution in [0.15, 0.2) is 48.5 Å². The number of hydrogen-bond donors (Lipinski definition) is 0. The van der Waals surface area contributed by atoms with Crippen LogP contribution in [0.4, 0.5) is 0 Å². The molecule has 0 radical (unpaired) electrons. The summed E-state index contributed by atoms with van der Waals surface area (Å²) in [6, 6.07) is 16.8. The highest BCUT2D eigenvalue weighted by Gasteiger charge is 2.49. The van der Waals surface area contributed by atoms with Gasteiger partial charge in [0.25, 0.3) is 0 Å². The Kier molecular flexibility index (Phi) is 13.4. The first-order chi connectivity index (χ1) is 17.4. The first-order valence-corrected chi connectivity index (χ1v) is 14.2. The first-order valence-electron chi connectivity index (χ1n) is 14.2. The summed E-state index contributed by atoms with van der Waals surface area (Å²) in [5.74, 6) is 1.79. The molecule has 0 heterocycles. The van der Waals surface area contributed by atoms with Gasteiger partial charge in [-0.15, -0.1) is 0 Å². The van der Waals surface area contributed by atoms with Crippen molar-refractivity contribution in [3.8, 4) is 11.5 Å². The van der Waals surface area contributed by atoms with Gasteiger partial charge in [0.2, 0.25) is 0 Å². The lowest BCUT2D eigenvalue weighted by Crippen LogP contribution is -2.49. The van der Waals surface area contributed by atoms with E-state index < -0.39 is 11.2 Å². The van der Waals surface area contributed by atoms with Crippen LogP contribution in [0.2, 0.25) is 0 Å². The van der Waals surface area contributed by atoms with Gasteiger partial charge in [0.1, 0.15) is 22.7 Å². The minimum Gasteiger partial charge on any atom is -0.494 e. The predicted molar refractivity (Wildman–Crippen MR) is 150 cm³/mol. The van der Waals surface area contributed by atoms with Gasteiger partial charge in [-0.3, -0.25) is 0 Å². The molecule has 0 aliphatic rings. The van der Waals surface area contributed by atoms with Gasteiger partial charge >= 0.3 is 0 Å². The van der Waals surface area contributed by atoms with Crippen LogP contribution in [0.25, 0.3) is 0 Å². The van der Waals surface area contributed by atoms with Gasteiger partial charge in [-0.25, -0.2) is 0 Å². The number of ether oxygens (including phenoxy) is 4. The minimum absolute atomic E-state index is 0.673. The molecule has 2 aromatic carbocycles. The van der Waals surface area contributed by atoms with Crippen molar-refractivity contribution in [2.24, 2.45) is 0 Å². The summed E-state index contributed by atoms with van der Waals surface area (Å²) < 4.78 is 25.4. The highest BCUT2D eigenvalue weighted by Crippen LogP contribution is 2.47. The van der Waals surface area contributed by atoms with Crippen LogP contribution >= 0.6 is 0 Å². The molecule has 0 saturated heterocycles. The molecule has 4 heteroatoms. The minimum atomic E-state index is -0.692. The zero-order chi connectivity index (χ0) is 26.3. The average molecular weight is 499 g/mol. The topological polar surface area (TPSA) is 36.9 Å². The van der Waals surface area contributed by atoms with E-state index in [1.54, 1.807) is 0 Å². The van der Waals surface area contributed by atoms with Gasteiger partial charge in [0, 0.05) is 13.2 Å². The standard InChI is InChI=1S/C32H50O4/c1-7-11-23-33-29-19-15-27(16-20-29)31(5,35-25-13-9-3)32(6,36-26-14-10-4)28-17-21-30(22-18-28)34-24-12-8-2/h15-22H,7-14,23-26H2,1-6H3. The van der Waals surface area contributed by atoms with Gasteiger partial charge in [-0.05, 0) is 74.9 Å². The molecule has 2 unspecified atom stereocenters. The summed E-state index contributed by atoms with van der Waals surface area (Å²) in [5.41, 5.74) is 0.790. The molecule has 2 aromatic rings. The highest BCUT2D eigenvalue weighted by molar-refractivity contribution is 5.38. The third-order valence-electron chi connectivity index (χ3n) is 7.03. The lowest BCUT2D eigenvalue weighted by molar-refractivity contribution is -0.207. The number of unbranched alkanes of at least 4 members (excludes halogenated alkanes) is 4. The molecule has 0 aliphatic heterocycles. The molecule has 0 aromatic heterocycles. The number of hydrogen-bond acceptors (Lipinski definition) is 4. The number of rotatable bonds is 19. The fourth-order valence-electron chi connectivity index (χ4n) is 4.24. The Morgan fingerprint density at radius 1 is 0.472 bits per heavy atom. The van der Waals surface area contributed by atoms with Crippen molar-refractivity contribution >= 4 is 0 Å². The summed E-state index contributed by atoms with van der Waals surface area (Å²) in [7, 11) is 0. The van der Waals surface area contributed by atoms with Crippen molar-refractivity contribution in [2.75, 3.05) is 26.4 Å². The van der Waals surface area contributed by atoms with Crippen molar-refractivity contribution in [1.29, 1.82) is 0 Å². The first kappa shape index (κ1) is 30.2. The summed E-state index contributed by atoms with van der Waals surface area (Å²) >= 11 is 0. The van der Waals surface area contributed by atoms with E-state index in [9.17, 15) is 0 Å². The lowest BCUT2D eigenvalue weighted by Gasteiger charge is -2.47. The second-order valence-electron chi connectivity index (χ2n) is 9.92. The van der Waals surface area contributed by atoms with E-state index in [0.29, 0.717) is 13.2 Å². The third-order valence-corrected chi connectivity index (χ3v) is 7.03. The van der Waals surface area contributed by atoms with Crippen molar-refractivity contribution in [2.45, 2.75) is 104 Å². The summed E-state index contributed by atoms with van der Waals surface area (Å²) in [6.07, 6.45) is 8.53. The molecule has 0 bridgehead atoms. The van der Waals surface area contributed by atoms with Gasteiger partial charge < -0.3 is 18.9 Å². The Balaban J connectivity index is 2.44. The zero-order valence-corrected chi connectivity index (χ0v) is 23.7. The smallest absolute Gasteiger partial charge is 0.123 e. The summed E-state index contributed by atoms with van der Waals surface area (Å²) in [4.78, 5) is 0. The molecule has 0 amide bonds. The van der Waals surface area contributed by atoms with Gasteiger partial charge in [-0.1, -0.05) is 77.6 Å². The molecular weight excluding hydrogens is 448 g/mol. The number of benzene rings is 2. The van der Waals surface area contributed by atoms with E-state index in [4.69, 9.17) is 18.9 Å². The molecule has 0 fully saturated rings. The monoisotopic (exact) mass is 498 g/mol. The quantitative estimate of drug-likeness (QED) is 0.181. The van der Waals surface area contributed by atoms with Crippen molar-refractivity contribution in [3.63, 3.8) is 0 Å². The predicted octanol–water partition coefficient (Wildman–Crippen LogP) is 8.81. The Morgan fingerprint density at radius 2 is 0.778 bits per heavy atom. The van der Waals surface area contributed by atoms with Crippen LogP contribution in [0.1, 0.15) is 104 Å². The summed E-state index contributed by atoms with van der Waals surface area (Å²) in [6.45, 7) is 15.9. The summed E-state index contributed by atoms with van der Waals surface area (Å²) in [5, 5.41) is 0. The average Bonchev–Trinajstić information content (AvgIpc) is 2.90. The molecule has 4 nitrogen and oxygen atoms in total. The van der Waals surface area contributed by atoms with Crippen LogP contribution < -0.4 is 9.47 Å². The maximum Gasteiger partial charge on any atom is 0.123 e. The molecule has 202 valence electrons. The second kappa shape index (κ2) is 15.9. The van der Waals surface area contributed by atoms with Gasteiger partial charge in [-0.2, -0.15) is 0 Å². The van der Waals surface area contributed by atoms with Crippen molar-refractivity contribution < 1.29 is 18.9 Å². The Bertz CT molecular complexity index is 761. The van der Waals surface area contributed by atoms with Crippen molar-refractivity contribution in [3.05, 3.63) is 59.7 Å². The maximum absolute atomic E-state index is 6.76. The van der Waals surface area contributed by atoms with Gasteiger partial charge in [0.05, 0.1) is 13.2 Å². The van der Waals surface area contributed by atoms with E-state index in [0.717, 1.165) is 87.2 Å². The molecule has 2 atom stereocenters. The molecule has 0 saturated carbocycles. The molecule has 36 heavy (non-hydrogen) atoms. The second-order valence-corrected chi connectivity index (χ2v) is 9.92. The Hall–Kier alpha value is -2.04. The molecule has 2 rings (SSSR count). The molecular formula is C32H50O4. The van der Waals surface area contributed by atoms with Crippen LogP contribution in [0, 0.1) is 0 Å². The molecule has 0 spiro atoms.